The molecule has 2 rings (SSSR count). The number of rotatable bonds is 5. The highest BCUT2D eigenvalue weighted by atomic mass is 16.5. The number of pyridine rings is 1. The van der Waals surface area contributed by atoms with Crippen LogP contribution >= 0.6 is 0 Å². The molecular weight excluding hydrogens is 262 g/mol. The van der Waals surface area contributed by atoms with Crippen molar-refractivity contribution in [3.05, 3.63) is 46.5 Å². The summed E-state index contributed by atoms with van der Waals surface area (Å²) in [6, 6.07) is 5.11. The Morgan fingerprint density at radius 3 is 3.10 bits per heavy atom. The maximum Gasteiger partial charge on any atom is 0.270 e. The lowest BCUT2D eigenvalue weighted by Crippen LogP contribution is -2.37. The van der Waals surface area contributed by atoms with E-state index >= 15 is 0 Å². The number of nitrogens with one attached hydrogen (secondary N) is 1. The van der Waals surface area contributed by atoms with Crippen molar-refractivity contribution in [2.75, 3.05) is 20.3 Å². The Hall–Kier alpha value is -2.25. The van der Waals surface area contributed by atoms with Gasteiger partial charge in [-0.05, 0) is 12.1 Å². The van der Waals surface area contributed by atoms with Crippen molar-refractivity contribution in [1.29, 1.82) is 0 Å². The number of aliphatic hydroxyl groups is 1. The molecule has 0 aliphatic rings. The lowest BCUT2D eigenvalue weighted by atomic mass is 10.3. The minimum absolute atomic E-state index is 0.00358. The smallest absolute Gasteiger partial charge is 0.270 e. The van der Waals surface area contributed by atoms with Gasteiger partial charge in [-0.15, -0.1) is 0 Å². The summed E-state index contributed by atoms with van der Waals surface area (Å²) >= 11 is 0. The van der Waals surface area contributed by atoms with Crippen molar-refractivity contribution in [3.63, 3.8) is 0 Å². The molecule has 0 spiro atoms. The third-order valence-electron chi connectivity index (χ3n) is 2.72. The van der Waals surface area contributed by atoms with E-state index in [-0.39, 0.29) is 18.7 Å². The van der Waals surface area contributed by atoms with Crippen molar-refractivity contribution in [1.82, 2.24) is 14.7 Å². The number of carbonyl (C=O) groups is 1. The average molecular weight is 277 g/mol. The molecule has 20 heavy (non-hydrogen) atoms. The number of hydrogen-bond acceptors (Lipinski definition) is 5. The summed E-state index contributed by atoms with van der Waals surface area (Å²) < 4.78 is 6.04. The molecule has 0 fully saturated rings. The molecule has 0 bridgehead atoms. The first-order valence-electron chi connectivity index (χ1n) is 6.05. The van der Waals surface area contributed by atoms with Gasteiger partial charge in [-0.2, -0.15) is 0 Å². The van der Waals surface area contributed by atoms with E-state index in [0.717, 1.165) is 0 Å². The van der Waals surface area contributed by atoms with Gasteiger partial charge in [-0.25, -0.2) is 4.98 Å². The summed E-state index contributed by atoms with van der Waals surface area (Å²) in [4.78, 5) is 28.1. The van der Waals surface area contributed by atoms with Gasteiger partial charge in [0.25, 0.3) is 11.5 Å². The summed E-state index contributed by atoms with van der Waals surface area (Å²) in [5.74, 6) is -0.573. The first-order chi connectivity index (χ1) is 9.63. The van der Waals surface area contributed by atoms with E-state index in [1.807, 2.05) is 0 Å². The monoisotopic (exact) mass is 277 g/mol. The largest absolute Gasteiger partial charge is 0.389 e. The number of nitrogens with zero attached hydrogens (tertiary/aromatic N) is 2. The second-order valence-electron chi connectivity index (χ2n) is 4.23. The second kappa shape index (κ2) is 6.27. The first-order valence-corrected chi connectivity index (χ1v) is 6.05. The van der Waals surface area contributed by atoms with Crippen LogP contribution in [0.15, 0.2) is 35.4 Å². The van der Waals surface area contributed by atoms with Crippen LogP contribution in [0.25, 0.3) is 5.65 Å². The molecule has 1 amide bonds. The van der Waals surface area contributed by atoms with Crippen LogP contribution in [0, 0.1) is 0 Å². The maximum atomic E-state index is 12.1. The van der Waals surface area contributed by atoms with Gasteiger partial charge in [0.2, 0.25) is 0 Å². The maximum absolute atomic E-state index is 12.1. The minimum Gasteiger partial charge on any atom is -0.389 e. The standard InChI is InChI=1S/C13H15N3O4/c1-20-8-9(17)6-15-12(18)10-7-14-11-4-2-3-5-16(11)13(10)19/h2-5,7,9,17H,6,8H2,1H3,(H,15,18). The fourth-order valence-electron chi connectivity index (χ4n) is 1.74. The van der Waals surface area contributed by atoms with Crippen LogP contribution in [0.4, 0.5) is 0 Å². The molecule has 1 unspecified atom stereocenters. The van der Waals surface area contributed by atoms with E-state index in [0.29, 0.717) is 5.65 Å². The molecule has 0 aliphatic heterocycles. The average Bonchev–Trinajstić information content (AvgIpc) is 2.46. The Balaban J connectivity index is 2.18. The van der Waals surface area contributed by atoms with Gasteiger partial charge in [0.05, 0.1) is 12.7 Å². The van der Waals surface area contributed by atoms with Gasteiger partial charge in [-0.3, -0.25) is 14.0 Å². The van der Waals surface area contributed by atoms with Gasteiger partial charge in [0.15, 0.2) is 0 Å². The summed E-state index contributed by atoms with van der Waals surface area (Å²) in [6.45, 7) is 0.110. The van der Waals surface area contributed by atoms with E-state index in [1.54, 1.807) is 24.4 Å². The number of methoxy groups -OCH3 is 1. The number of amides is 1. The van der Waals surface area contributed by atoms with Crippen LogP contribution in [0.1, 0.15) is 10.4 Å². The highest BCUT2D eigenvalue weighted by Crippen LogP contribution is 1.97. The highest BCUT2D eigenvalue weighted by molar-refractivity contribution is 5.93. The molecule has 7 nitrogen and oxygen atoms in total. The van der Waals surface area contributed by atoms with Crippen LogP contribution in [0.3, 0.4) is 0 Å². The van der Waals surface area contributed by atoms with Crippen molar-refractivity contribution in [2.45, 2.75) is 6.10 Å². The lowest BCUT2D eigenvalue weighted by Gasteiger charge is -2.10. The van der Waals surface area contributed by atoms with Crippen LogP contribution in [-0.2, 0) is 4.74 Å². The molecule has 2 heterocycles. The van der Waals surface area contributed by atoms with E-state index in [1.165, 1.54) is 17.7 Å². The summed E-state index contributed by atoms with van der Waals surface area (Å²) in [7, 11) is 1.45. The number of carbonyl (C=O) groups excluding carboxylic acids is 1. The third kappa shape index (κ3) is 3.01. The molecular formula is C13H15N3O4. The normalized spacial score (nSPS) is 12.3. The SMILES string of the molecule is COCC(O)CNC(=O)c1cnc2ccccn2c1=O. The molecule has 106 valence electrons. The van der Waals surface area contributed by atoms with Crippen molar-refractivity contribution in [3.8, 4) is 0 Å². The Kier molecular flexibility index (Phi) is 4.44. The fourth-order valence-corrected chi connectivity index (χ4v) is 1.74. The molecule has 0 aromatic carbocycles. The van der Waals surface area contributed by atoms with E-state index < -0.39 is 17.6 Å². The highest BCUT2D eigenvalue weighted by Gasteiger charge is 2.14. The fraction of sp³-hybridized carbons (Fsp3) is 0.308. The zero-order valence-electron chi connectivity index (χ0n) is 10.9. The molecule has 2 aromatic rings. The molecule has 2 aromatic heterocycles. The zero-order chi connectivity index (χ0) is 14.5. The molecule has 0 saturated heterocycles. The van der Waals surface area contributed by atoms with E-state index in [4.69, 9.17) is 4.74 Å². The first kappa shape index (κ1) is 14.2. The number of aliphatic hydroxyl groups excluding tert-OH is 1. The van der Waals surface area contributed by atoms with Gasteiger partial charge in [0.1, 0.15) is 11.2 Å². The van der Waals surface area contributed by atoms with Gasteiger partial charge in [0, 0.05) is 26.0 Å². The predicted molar refractivity (Wildman–Crippen MR) is 71.7 cm³/mol. The number of aromatic nitrogens is 2. The van der Waals surface area contributed by atoms with Crippen LogP contribution < -0.4 is 10.9 Å². The van der Waals surface area contributed by atoms with E-state index in [2.05, 4.69) is 10.3 Å². The van der Waals surface area contributed by atoms with Crippen molar-refractivity contribution >= 4 is 11.6 Å². The molecule has 0 saturated carbocycles. The molecule has 7 heteroatoms. The zero-order valence-corrected chi connectivity index (χ0v) is 10.9. The topological polar surface area (TPSA) is 92.9 Å². The van der Waals surface area contributed by atoms with Crippen molar-refractivity contribution in [2.24, 2.45) is 0 Å². The second-order valence-corrected chi connectivity index (χ2v) is 4.23. The Morgan fingerprint density at radius 1 is 1.55 bits per heavy atom. The third-order valence-corrected chi connectivity index (χ3v) is 2.72. The van der Waals surface area contributed by atoms with E-state index in [9.17, 15) is 14.7 Å². The predicted octanol–water partition coefficient (Wildman–Crippen LogP) is -0.568. The molecule has 0 radical (unpaired) electrons. The van der Waals surface area contributed by atoms with Crippen LogP contribution in [0.2, 0.25) is 0 Å². The van der Waals surface area contributed by atoms with Gasteiger partial charge in [-0.1, -0.05) is 6.07 Å². The molecule has 1 atom stereocenters. The molecule has 0 aliphatic carbocycles. The Morgan fingerprint density at radius 2 is 2.35 bits per heavy atom. The minimum atomic E-state index is -0.819. The summed E-state index contributed by atoms with van der Waals surface area (Å²) in [5, 5.41) is 11.9. The summed E-state index contributed by atoms with van der Waals surface area (Å²) in [5.41, 5.74) is -0.0545. The van der Waals surface area contributed by atoms with Crippen molar-refractivity contribution < 1.29 is 14.6 Å². The molecule has 2 N–H and O–H groups in total. The van der Waals surface area contributed by atoms with Crippen LogP contribution in [-0.4, -0.2) is 46.8 Å². The van der Waals surface area contributed by atoms with Crippen LogP contribution in [0.5, 0.6) is 0 Å². The number of hydrogen-bond donors (Lipinski definition) is 2. The Bertz CT molecular complexity index is 668. The van der Waals surface area contributed by atoms with Gasteiger partial charge < -0.3 is 15.2 Å². The van der Waals surface area contributed by atoms with Gasteiger partial charge >= 0.3 is 0 Å². The number of ether oxygens (including phenoxy) is 1. The Labute approximate surface area is 114 Å². The summed E-state index contributed by atoms with van der Waals surface area (Å²) in [6.07, 6.45) is 1.96. The lowest BCUT2D eigenvalue weighted by molar-refractivity contribution is 0.0609. The quantitative estimate of drug-likeness (QED) is 0.763. The number of fused-ring (bicyclic) bond motifs is 1.